The molecule has 1 N–H and O–H groups in total. The normalized spacial score (nSPS) is 31.3. The molecule has 2 heterocycles. The molecule has 0 bridgehead atoms. The summed E-state index contributed by atoms with van der Waals surface area (Å²) >= 11 is 0. The third-order valence-electron chi connectivity index (χ3n) is 3.80. The van der Waals surface area contributed by atoms with Crippen LogP contribution in [0.25, 0.3) is 0 Å². The lowest BCUT2D eigenvalue weighted by Crippen LogP contribution is -2.59. The molecule has 0 aromatic rings. The second kappa shape index (κ2) is 5.00. The molecule has 2 fully saturated rings. The standard InChI is InChI=1S/C12H25N3O/c1-11-8-14(3)4-5-15(11)6-7-16-12(2)9-13-10-12/h11,13H,4-10H2,1-3H3. The summed E-state index contributed by atoms with van der Waals surface area (Å²) in [6.45, 7) is 12.0. The van der Waals surface area contributed by atoms with Crippen molar-refractivity contribution in [3.63, 3.8) is 0 Å². The third kappa shape index (κ3) is 2.94. The average molecular weight is 227 g/mol. The van der Waals surface area contributed by atoms with Gasteiger partial charge in [-0.15, -0.1) is 0 Å². The van der Waals surface area contributed by atoms with Crippen molar-refractivity contribution in [1.29, 1.82) is 0 Å². The Morgan fingerprint density at radius 3 is 2.69 bits per heavy atom. The van der Waals surface area contributed by atoms with Gasteiger partial charge < -0.3 is 15.0 Å². The number of likely N-dealkylation sites (N-methyl/N-ethyl adjacent to an activating group) is 1. The van der Waals surface area contributed by atoms with Gasteiger partial charge in [-0.05, 0) is 20.9 Å². The predicted molar refractivity (Wildman–Crippen MR) is 65.8 cm³/mol. The van der Waals surface area contributed by atoms with Crippen LogP contribution >= 0.6 is 0 Å². The van der Waals surface area contributed by atoms with E-state index < -0.39 is 0 Å². The molecule has 1 unspecified atom stereocenters. The van der Waals surface area contributed by atoms with E-state index in [-0.39, 0.29) is 5.60 Å². The molecule has 4 nitrogen and oxygen atoms in total. The van der Waals surface area contributed by atoms with Crippen molar-refractivity contribution in [2.75, 3.05) is 52.9 Å². The van der Waals surface area contributed by atoms with Gasteiger partial charge in [0, 0.05) is 45.3 Å². The minimum absolute atomic E-state index is 0.107. The summed E-state index contributed by atoms with van der Waals surface area (Å²) in [7, 11) is 2.20. The van der Waals surface area contributed by atoms with Gasteiger partial charge in [-0.1, -0.05) is 0 Å². The van der Waals surface area contributed by atoms with Crippen LogP contribution in [0.3, 0.4) is 0 Å². The Labute approximate surface area is 98.9 Å². The average Bonchev–Trinajstić information content (AvgIpc) is 2.19. The fourth-order valence-electron chi connectivity index (χ4n) is 2.50. The molecule has 2 saturated heterocycles. The predicted octanol–water partition coefficient (Wildman–Crippen LogP) is 0.000800. The zero-order valence-corrected chi connectivity index (χ0v) is 10.8. The highest BCUT2D eigenvalue weighted by molar-refractivity contribution is 4.90. The molecule has 0 aliphatic carbocycles. The highest BCUT2D eigenvalue weighted by Gasteiger charge is 2.32. The molecule has 0 amide bonds. The summed E-state index contributed by atoms with van der Waals surface area (Å²) < 4.78 is 5.93. The molecule has 2 aliphatic rings. The summed E-state index contributed by atoms with van der Waals surface area (Å²) in [6.07, 6.45) is 0. The van der Waals surface area contributed by atoms with Gasteiger partial charge in [0.25, 0.3) is 0 Å². The van der Waals surface area contributed by atoms with Crippen LogP contribution in [0, 0.1) is 0 Å². The number of hydrogen-bond donors (Lipinski definition) is 1. The number of rotatable bonds is 4. The van der Waals surface area contributed by atoms with Crippen LogP contribution in [0.15, 0.2) is 0 Å². The first-order chi connectivity index (χ1) is 7.59. The number of hydrogen-bond acceptors (Lipinski definition) is 4. The van der Waals surface area contributed by atoms with Crippen LogP contribution in [0.4, 0.5) is 0 Å². The minimum Gasteiger partial charge on any atom is -0.371 e. The maximum absolute atomic E-state index is 5.93. The Kier molecular flexibility index (Phi) is 3.85. The zero-order chi connectivity index (χ0) is 11.6. The Morgan fingerprint density at radius 1 is 1.38 bits per heavy atom. The second-order valence-electron chi connectivity index (χ2n) is 5.55. The van der Waals surface area contributed by atoms with E-state index in [2.05, 4.69) is 36.0 Å². The van der Waals surface area contributed by atoms with Gasteiger partial charge in [0.2, 0.25) is 0 Å². The molecule has 0 spiro atoms. The second-order valence-corrected chi connectivity index (χ2v) is 5.55. The van der Waals surface area contributed by atoms with Crippen molar-refractivity contribution in [1.82, 2.24) is 15.1 Å². The molecule has 1 atom stereocenters. The topological polar surface area (TPSA) is 27.7 Å². The first-order valence-corrected chi connectivity index (χ1v) is 6.36. The molecule has 0 saturated carbocycles. The molecule has 2 rings (SSSR count). The van der Waals surface area contributed by atoms with E-state index in [0.29, 0.717) is 6.04 Å². The van der Waals surface area contributed by atoms with Gasteiger partial charge in [0.1, 0.15) is 0 Å². The van der Waals surface area contributed by atoms with Crippen molar-refractivity contribution in [3.8, 4) is 0 Å². The van der Waals surface area contributed by atoms with Crippen LogP contribution in [0.2, 0.25) is 0 Å². The first-order valence-electron chi connectivity index (χ1n) is 6.36. The van der Waals surface area contributed by atoms with Crippen molar-refractivity contribution < 1.29 is 4.74 Å². The number of piperazine rings is 1. The molecule has 0 radical (unpaired) electrons. The smallest absolute Gasteiger partial charge is 0.0902 e. The summed E-state index contributed by atoms with van der Waals surface area (Å²) in [5.74, 6) is 0. The Morgan fingerprint density at radius 2 is 2.12 bits per heavy atom. The fraction of sp³-hybridized carbons (Fsp3) is 1.00. The summed E-state index contributed by atoms with van der Waals surface area (Å²) in [5, 5.41) is 3.26. The van der Waals surface area contributed by atoms with E-state index in [0.717, 1.165) is 26.2 Å². The maximum Gasteiger partial charge on any atom is 0.0902 e. The van der Waals surface area contributed by atoms with Crippen LogP contribution < -0.4 is 5.32 Å². The highest BCUT2D eigenvalue weighted by Crippen LogP contribution is 2.15. The molecule has 94 valence electrons. The fourth-order valence-corrected chi connectivity index (χ4v) is 2.50. The number of nitrogens with zero attached hydrogens (tertiary/aromatic N) is 2. The lowest BCUT2D eigenvalue weighted by molar-refractivity contribution is -0.0768. The summed E-state index contributed by atoms with van der Waals surface area (Å²) in [4.78, 5) is 4.94. The molecule has 4 heteroatoms. The van der Waals surface area contributed by atoms with Crippen LogP contribution in [-0.4, -0.2) is 74.4 Å². The maximum atomic E-state index is 5.93. The quantitative estimate of drug-likeness (QED) is 0.732. The summed E-state index contributed by atoms with van der Waals surface area (Å²) in [6, 6.07) is 0.662. The van der Waals surface area contributed by atoms with Crippen LogP contribution in [-0.2, 0) is 4.74 Å². The van der Waals surface area contributed by atoms with E-state index >= 15 is 0 Å². The monoisotopic (exact) mass is 227 g/mol. The molecule has 0 aromatic carbocycles. The Hall–Kier alpha value is -0.160. The lowest BCUT2D eigenvalue weighted by Gasteiger charge is -2.41. The molecule has 0 aromatic heterocycles. The van der Waals surface area contributed by atoms with E-state index in [1.165, 1.54) is 19.6 Å². The van der Waals surface area contributed by atoms with Crippen molar-refractivity contribution in [2.45, 2.75) is 25.5 Å². The van der Waals surface area contributed by atoms with Crippen molar-refractivity contribution in [3.05, 3.63) is 0 Å². The molecule has 2 aliphatic heterocycles. The molecule has 16 heavy (non-hydrogen) atoms. The van der Waals surface area contributed by atoms with Gasteiger partial charge in [-0.3, -0.25) is 4.90 Å². The van der Waals surface area contributed by atoms with Crippen LogP contribution in [0.1, 0.15) is 13.8 Å². The van der Waals surface area contributed by atoms with Gasteiger partial charge in [0.05, 0.1) is 12.2 Å². The van der Waals surface area contributed by atoms with E-state index in [1.807, 2.05) is 0 Å². The largest absolute Gasteiger partial charge is 0.371 e. The highest BCUT2D eigenvalue weighted by atomic mass is 16.5. The van der Waals surface area contributed by atoms with Gasteiger partial charge in [-0.25, -0.2) is 0 Å². The van der Waals surface area contributed by atoms with Crippen LogP contribution in [0.5, 0.6) is 0 Å². The Bertz CT molecular complexity index is 230. The molecular formula is C12H25N3O. The SMILES string of the molecule is CC1CN(C)CCN1CCOC1(C)CNC1. The van der Waals surface area contributed by atoms with Gasteiger partial charge in [-0.2, -0.15) is 0 Å². The number of nitrogens with one attached hydrogen (secondary N) is 1. The first kappa shape index (κ1) is 12.3. The van der Waals surface area contributed by atoms with E-state index in [4.69, 9.17) is 4.74 Å². The van der Waals surface area contributed by atoms with Gasteiger partial charge in [0.15, 0.2) is 0 Å². The van der Waals surface area contributed by atoms with Crippen molar-refractivity contribution in [2.24, 2.45) is 0 Å². The third-order valence-corrected chi connectivity index (χ3v) is 3.80. The minimum atomic E-state index is 0.107. The zero-order valence-electron chi connectivity index (χ0n) is 10.8. The van der Waals surface area contributed by atoms with Crippen molar-refractivity contribution >= 4 is 0 Å². The van der Waals surface area contributed by atoms with E-state index in [9.17, 15) is 0 Å². The van der Waals surface area contributed by atoms with E-state index in [1.54, 1.807) is 0 Å². The number of ether oxygens (including phenoxy) is 1. The lowest BCUT2D eigenvalue weighted by atomic mass is 10.0. The molecular weight excluding hydrogens is 202 g/mol. The van der Waals surface area contributed by atoms with Gasteiger partial charge >= 0.3 is 0 Å². The summed E-state index contributed by atoms with van der Waals surface area (Å²) in [5.41, 5.74) is 0.107. The Balaban J connectivity index is 1.65.